The zero-order valence-electron chi connectivity index (χ0n) is 21.2. The number of urea groups is 1. The molecule has 1 heterocycles. The summed E-state index contributed by atoms with van der Waals surface area (Å²) >= 11 is 6.62. The number of hydrogen-bond acceptors (Lipinski definition) is 4. The highest BCUT2D eigenvalue weighted by molar-refractivity contribution is 6.32. The average molecular weight is 527 g/mol. The maximum absolute atomic E-state index is 13.0. The molecule has 0 bridgehead atoms. The molecule has 38 heavy (non-hydrogen) atoms. The molecule has 0 aromatic heterocycles. The van der Waals surface area contributed by atoms with Crippen LogP contribution in [0.25, 0.3) is 16.8 Å². The van der Waals surface area contributed by atoms with Crippen molar-refractivity contribution < 1.29 is 19.1 Å². The summed E-state index contributed by atoms with van der Waals surface area (Å²) in [5.74, 6) is 0.481. The third-order valence-electron chi connectivity index (χ3n) is 6.23. The maximum atomic E-state index is 13.0. The lowest BCUT2D eigenvalue weighted by molar-refractivity contribution is -0.123. The van der Waals surface area contributed by atoms with Gasteiger partial charge in [0.2, 0.25) is 0 Å². The Kier molecular flexibility index (Phi) is 7.33. The molecule has 3 amide bonds. The number of ether oxygens (including phenoxy) is 2. The summed E-state index contributed by atoms with van der Waals surface area (Å²) in [5, 5.41) is 5.30. The number of carbonyl (C=O) groups excluding carboxylic acids is 2. The molecule has 0 saturated carbocycles. The number of rotatable bonds is 8. The van der Waals surface area contributed by atoms with Gasteiger partial charge in [-0.2, -0.15) is 0 Å². The van der Waals surface area contributed by atoms with E-state index in [1.54, 1.807) is 18.2 Å². The standard InChI is InChI=1S/C31H27ClN2O4/c1-3-37-28-17-23(16-27-30(35)34(31(36)33-27)18-21-8-6-7-20(2)13-21)15-26(32)29(28)38-19-22-11-12-24-9-4-5-10-25(24)14-22/h4-17H,3,18-19H2,1-2H3,(H,33,36)/b27-16+. The van der Waals surface area contributed by atoms with Crippen molar-refractivity contribution in [2.45, 2.75) is 27.0 Å². The van der Waals surface area contributed by atoms with Crippen LogP contribution < -0.4 is 14.8 Å². The third-order valence-corrected chi connectivity index (χ3v) is 6.51. The number of fused-ring (bicyclic) bond motifs is 1. The maximum Gasteiger partial charge on any atom is 0.329 e. The van der Waals surface area contributed by atoms with Crippen LogP contribution in [0.3, 0.4) is 0 Å². The van der Waals surface area contributed by atoms with Gasteiger partial charge in [0.15, 0.2) is 11.5 Å². The minimum Gasteiger partial charge on any atom is -0.490 e. The van der Waals surface area contributed by atoms with E-state index in [9.17, 15) is 9.59 Å². The molecule has 0 unspecified atom stereocenters. The van der Waals surface area contributed by atoms with Crippen LogP contribution in [0.5, 0.6) is 11.5 Å². The molecular formula is C31H27ClN2O4. The molecule has 1 saturated heterocycles. The van der Waals surface area contributed by atoms with E-state index in [2.05, 4.69) is 29.6 Å². The van der Waals surface area contributed by atoms with Gasteiger partial charge in [-0.3, -0.25) is 9.69 Å². The van der Waals surface area contributed by atoms with Crippen molar-refractivity contribution in [3.05, 3.63) is 112 Å². The van der Waals surface area contributed by atoms with E-state index in [1.807, 2.05) is 56.3 Å². The lowest BCUT2D eigenvalue weighted by Crippen LogP contribution is -2.30. The molecular weight excluding hydrogens is 500 g/mol. The Bertz CT molecular complexity index is 1560. The number of amides is 3. The number of halogens is 1. The molecule has 4 aromatic rings. The van der Waals surface area contributed by atoms with E-state index < -0.39 is 11.9 Å². The summed E-state index contributed by atoms with van der Waals surface area (Å²) in [6.07, 6.45) is 1.60. The molecule has 1 aliphatic heterocycles. The van der Waals surface area contributed by atoms with Gasteiger partial charge in [0, 0.05) is 0 Å². The normalized spacial score (nSPS) is 14.3. The van der Waals surface area contributed by atoms with Crippen molar-refractivity contribution in [2.24, 2.45) is 0 Å². The topological polar surface area (TPSA) is 67.9 Å². The van der Waals surface area contributed by atoms with Crippen LogP contribution >= 0.6 is 11.6 Å². The Hall–Kier alpha value is -4.29. The molecule has 5 rings (SSSR count). The quantitative estimate of drug-likeness (QED) is 0.201. The van der Waals surface area contributed by atoms with Gasteiger partial charge in [-0.15, -0.1) is 0 Å². The minimum atomic E-state index is -0.464. The zero-order chi connectivity index (χ0) is 26.6. The molecule has 1 fully saturated rings. The van der Waals surface area contributed by atoms with E-state index >= 15 is 0 Å². The predicted octanol–water partition coefficient (Wildman–Crippen LogP) is 6.87. The van der Waals surface area contributed by atoms with Crippen LogP contribution in [0.2, 0.25) is 5.02 Å². The fraction of sp³-hybridized carbons (Fsp3) is 0.161. The summed E-state index contributed by atoms with van der Waals surface area (Å²) in [7, 11) is 0. The summed E-state index contributed by atoms with van der Waals surface area (Å²) in [4.78, 5) is 26.7. The predicted molar refractivity (Wildman–Crippen MR) is 149 cm³/mol. The van der Waals surface area contributed by atoms with Gasteiger partial charge in [0.25, 0.3) is 5.91 Å². The fourth-order valence-electron chi connectivity index (χ4n) is 4.43. The largest absolute Gasteiger partial charge is 0.490 e. The van der Waals surface area contributed by atoms with E-state index in [-0.39, 0.29) is 12.2 Å². The first-order valence-corrected chi connectivity index (χ1v) is 12.8. The van der Waals surface area contributed by atoms with E-state index in [1.165, 1.54) is 4.90 Å². The fourth-order valence-corrected chi connectivity index (χ4v) is 4.71. The minimum absolute atomic E-state index is 0.172. The molecule has 1 aliphatic rings. The van der Waals surface area contributed by atoms with Gasteiger partial charge in [0.05, 0.1) is 18.2 Å². The summed E-state index contributed by atoms with van der Waals surface area (Å²) in [6, 6.07) is 25.0. The van der Waals surface area contributed by atoms with Crippen LogP contribution in [-0.2, 0) is 17.9 Å². The lowest BCUT2D eigenvalue weighted by Gasteiger charge is -2.15. The molecule has 7 heteroatoms. The molecule has 0 atom stereocenters. The monoisotopic (exact) mass is 526 g/mol. The smallest absolute Gasteiger partial charge is 0.329 e. The molecule has 4 aromatic carbocycles. The first kappa shape index (κ1) is 25.4. The van der Waals surface area contributed by atoms with Crippen molar-refractivity contribution in [3.63, 3.8) is 0 Å². The van der Waals surface area contributed by atoms with E-state index in [0.717, 1.165) is 27.5 Å². The van der Waals surface area contributed by atoms with Gasteiger partial charge >= 0.3 is 6.03 Å². The van der Waals surface area contributed by atoms with Crippen molar-refractivity contribution in [1.82, 2.24) is 10.2 Å². The van der Waals surface area contributed by atoms with Crippen molar-refractivity contribution >= 4 is 40.4 Å². The number of benzene rings is 4. The Balaban J connectivity index is 1.36. The van der Waals surface area contributed by atoms with E-state index in [4.69, 9.17) is 21.1 Å². The Labute approximate surface area is 226 Å². The SMILES string of the molecule is CCOc1cc(/C=C2/NC(=O)N(Cc3cccc(C)c3)C2=O)cc(Cl)c1OCc1ccc2ccccc2c1. The molecule has 0 radical (unpaired) electrons. The molecule has 192 valence electrons. The number of nitrogens with zero attached hydrogens (tertiary/aromatic N) is 1. The van der Waals surface area contributed by atoms with Crippen LogP contribution in [0, 0.1) is 6.92 Å². The second kappa shape index (κ2) is 11.0. The highest BCUT2D eigenvalue weighted by Gasteiger charge is 2.33. The van der Waals surface area contributed by atoms with Crippen LogP contribution in [0.15, 0.2) is 84.6 Å². The Morgan fingerprint density at radius 1 is 0.895 bits per heavy atom. The zero-order valence-corrected chi connectivity index (χ0v) is 21.9. The number of carbonyl (C=O) groups is 2. The van der Waals surface area contributed by atoms with Crippen molar-refractivity contribution in [2.75, 3.05) is 6.61 Å². The highest BCUT2D eigenvalue weighted by atomic mass is 35.5. The van der Waals surface area contributed by atoms with Crippen molar-refractivity contribution in [1.29, 1.82) is 0 Å². The molecule has 1 N–H and O–H groups in total. The van der Waals surface area contributed by atoms with Crippen LogP contribution in [0.4, 0.5) is 4.79 Å². The molecule has 0 spiro atoms. The van der Waals surface area contributed by atoms with Gasteiger partial charge in [-0.1, -0.05) is 77.8 Å². The average Bonchev–Trinajstić information content (AvgIpc) is 3.15. The lowest BCUT2D eigenvalue weighted by atomic mass is 10.1. The van der Waals surface area contributed by atoms with Gasteiger partial charge in [-0.25, -0.2) is 4.79 Å². The highest BCUT2D eigenvalue weighted by Crippen LogP contribution is 2.38. The first-order valence-electron chi connectivity index (χ1n) is 12.4. The van der Waals surface area contributed by atoms with Crippen LogP contribution in [-0.4, -0.2) is 23.4 Å². The van der Waals surface area contributed by atoms with Gasteiger partial charge in [-0.05, 0) is 65.6 Å². The number of aryl methyl sites for hydroxylation is 1. The number of nitrogens with one attached hydrogen (secondary N) is 1. The second-order valence-electron chi connectivity index (χ2n) is 9.10. The first-order chi connectivity index (χ1) is 18.4. The van der Waals surface area contributed by atoms with Crippen molar-refractivity contribution in [3.8, 4) is 11.5 Å². The van der Waals surface area contributed by atoms with Crippen LogP contribution in [0.1, 0.15) is 29.2 Å². The Morgan fingerprint density at radius 2 is 1.71 bits per heavy atom. The summed E-state index contributed by atoms with van der Waals surface area (Å²) < 4.78 is 11.9. The molecule has 0 aliphatic carbocycles. The van der Waals surface area contributed by atoms with E-state index in [0.29, 0.717) is 35.3 Å². The van der Waals surface area contributed by atoms with Gasteiger partial charge in [0.1, 0.15) is 12.3 Å². The number of imide groups is 1. The molecule has 6 nitrogen and oxygen atoms in total. The summed E-state index contributed by atoms with van der Waals surface area (Å²) in [5.41, 5.74) is 3.72. The third kappa shape index (κ3) is 5.50. The number of hydrogen-bond donors (Lipinski definition) is 1. The van der Waals surface area contributed by atoms with Gasteiger partial charge < -0.3 is 14.8 Å². The summed E-state index contributed by atoms with van der Waals surface area (Å²) in [6.45, 7) is 4.75. The second-order valence-corrected chi connectivity index (χ2v) is 9.51. The Morgan fingerprint density at radius 3 is 2.50 bits per heavy atom.